The van der Waals surface area contributed by atoms with Crippen LogP contribution in [0.3, 0.4) is 0 Å². The van der Waals surface area contributed by atoms with Crippen LogP contribution in [0.1, 0.15) is 6.42 Å². The molecule has 3 heterocycles. The molecule has 0 radical (unpaired) electrons. The van der Waals surface area contributed by atoms with Crippen molar-refractivity contribution in [2.75, 3.05) is 6.79 Å². The minimum atomic E-state index is -0.862. The second-order valence-electron chi connectivity index (χ2n) is 5.14. The number of carbonyl (C=O) groups is 1. The predicted octanol–water partition coefficient (Wildman–Crippen LogP) is 2.30. The number of ether oxygens (including phenoxy) is 2. The fourth-order valence-electron chi connectivity index (χ4n) is 2.64. The highest BCUT2D eigenvalue weighted by atomic mass is 16.7. The van der Waals surface area contributed by atoms with Gasteiger partial charge in [-0.25, -0.2) is 4.98 Å². The Morgan fingerprint density at radius 2 is 2.09 bits per heavy atom. The highest BCUT2D eigenvalue weighted by molar-refractivity contribution is 5.84. The van der Waals surface area contributed by atoms with Gasteiger partial charge in [-0.1, -0.05) is 6.07 Å². The van der Waals surface area contributed by atoms with E-state index in [2.05, 4.69) is 9.97 Å². The van der Waals surface area contributed by atoms with Crippen molar-refractivity contribution in [1.29, 1.82) is 0 Å². The lowest BCUT2D eigenvalue weighted by Crippen LogP contribution is -2.06. The summed E-state index contributed by atoms with van der Waals surface area (Å²) >= 11 is 0. The number of hydrogen-bond acceptors (Lipinski definition) is 5. The van der Waals surface area contributed by atoms with Crippen LogP contribution in [0, 0.1) is 0 Å². The molecule has 0 saturated heterocycles. The zero-order valence-electron chi connectivity index (χ0n) is 12.1. The number of aliphatic carboxylic acids is 1. The molecule has 23 heavy (non-hydrogen) atoms. The van der Waals surface area contributed by atoms with Gasteiger partial charge in [0, 0.05) is 24.9 Å². The lowest BCUT2D eigenvalue weighted by atomic mass is 10.2. The van der Waals surface area contributed by atoms with Gasteiger partial charge >= 0.3 is 5.97 Å². The third-order valence-corrected chi connectivity index (χ3v) is 3.69. The molecule has 0 fully saturated rings. The molecule has 3 aromatic rings. The number of fused-ring (bicyclic) bond motifs is 2. The fraction of sp³-hybridized carbons (Fsp3) is 0.188. The maximum atomic E-state index is 11.0. The first-order valence-corrected chi connectivity index (χ1v) is 7.15. The van der Waals surface area contributed by atoms with E-state index < -0.39 is 5.97 Å². The van der Waals surface area contributed by atoms with Crippen molar-refractivity contribution in [3.8, 4) is 23.0 Å². The number of hydrogen-bond donors (Lipinski definition) is 1. The number of benzene rings is 1. The first kappa shape index (κ1) is 13.6. The number of carboxylic acid groups (broad SMARTS) is 1. The van der Waals surface area contributed by atoms with Gasteiger partial charge in [0.2, 0.25) is 6.79 Å². The van der Waals surface area contributed by atoms with Crippen LogP contribution >= 0.6 is 0 Å². The Balaban J connectivity index is 1.90. The Morgan fingerprint density at radius 1 is 1.26 bits per heavy atom. The first-order chi connectivity index (χ1) is 11.2. The Bertz CT molecular complexity index is 889. The van der Waals surface area contributed by atoms with Gasteiger partial charge in [-0.3, -0.25) is 9.78 Å². The molecule has 0 spiro atoms. The van der Waals surface area contributed by atoms with Gasteiger partial charge in [-0.15, -0.1) is 0 Å². The first-order valence-electron chi connectivity index (χ1n) is 7.15. The minimum absolute atomic E-state index is 0.000262. The summed E-state index contributed by atoms with van der Waals surface area (Å²) in [4.78, 5) is 19.9. The maximum Gasteiger partial charge on any atom is 0.305 e. The topological polar surface area (TPSA) is 86.5 Å². The molecule has 0 bridgehead atoms. The molecule has 0 amide bonds. The average molecular weight is 311 g/mol. The molecule has 0 saturated carbocycles. The Kier molecular flexibility index (Phi) is 3.11. The minimum Gasteiger partial charge on any atom is -0.481 e. The Hall–Kier alpha value is -3.09. The van der Waals surface area contributed by atoms with Crippen LogP contribution in [0.5, 0.6) is 11.5 Å². The lowest BCUT2D eigenvalue weighted by Gasteiger charge is -2.07. The molecule has 1 aromatic carbocycles. The molecule has 4 rings (SSSR count). The zero-order chi connectivity index (χ0) is 15.8. The summed E-state index contributed by atoms with van der Waals surface area (Å²) in [5, 5.41) is 9.01. The molecular weight excluding hydrogens is 298 g/mol. The van der Waals surface area contributed by atoms with Gasteiger partial charge in [0.1, 0.15) is 5.69 Å². The number of rotatable bonds is 4. The Labute approximate surface area is 131 Å². The molecule has 116 valence electrons. The predicted molar refractivity (Wildman–Crippen MR) is 81.3 cm³/mol. The molecular formula is C16H13N3O4. The van der Waals surface area contributed by atoms with Gasteiger partial charge in [-0.05, 0) is 12.1 Å². The molecule has 7 nitrogen and oxygen atoms in total. The second kappa shape index (κ2) is 5.28. The summed E-state index contributed by atoms with van der Waals surface area (Å²) in [6.07, 6.45) is 1.68. The molecule has 0 unspecified atom stereocenters. The number of aromatic nitrogens is 3. The van der Waals surface area contributed by atoms with Gasteiger partial charge in [0.05, 0.1) is 17.5 Å². The summed E-state index contributed by atoms with van der Waals surface area (Å²) in [7, 11) is 0. The number of imidazole rings is 1. The van der Waals surface area contributed by atoms with Crippen molar-refractivity contribution in [2.24, 2.45) is 0 Å². The normalized spacial score (nSPS) is 12.7. The van der Waals surface area contributed by atoms with E-state index >= 15 is 0 Å². The third-order valence-electron chi connectivity index (χ3n) is 3.69. The standard InChI is InChI=1S/C16H13N3O4/c20-15(21)4-6-19-12-8-14-13(22-9-23-14)7-11(12)18-16(19)10-3-1-2-5-17-10/h1-3,5,7-8H,4,6,9H2,(H,20,21). The largest absolute Gasteiger partial charge is 0.481 e. The average Bonchev–Trinajstić information content (AvgIpc) is 3.15. The highest BCUT2D eigenvalue weighted by Gasteiger charge is 2.20. The summed E-state index contributed by atoms with van der Waals surface area (Å²) in [5.41, 5.74) is 2.22. The van der Waals surface area contributed by atoms with Gasteiger partial charge in [0.15, 0.2) is 17.3 Å². The van der Waals surface area contributed by atoms with E-state index in [1.165, 1.54) is 0 Å². The van der Waals surface area contributed by atoms with Gasteiger partial charge < -0.3 is 19.1 Å². The number of pyridine rings is 1. The van der Waals surface area contributed by atoms with E-state index in [9.17, 15) is 4.79 Å². The molecule has 1 N–H and O–H groups in total. The van der Waals surface area contributed by atoms with E-state index in [4.69, 9.17) is 14.6 Å². The summed E-state index contributed by atoms with van der Waals surface area (Å²) in [6.45, 7) is 0.488. The summed E-state index contributed by atoms with van der Waals surface area (Å²) < 4.78 is 12.6. The zero-order valence-corrected chi connectivity index (χ0v) is 12.1. The number of carboxylic acids is 1. The quantitative estimate of drug-likeness (QED) is 0.795. The highest BCUT2D eigenvalue weighted by Crippen LogP contribution is 2.37. The van der Waals surface area contributed by atoms with E-state index in [-0.39, 0.29) is 13.2 Å². The van der Waals surface area contributed by atoms with E-state index in [1.807, 2.05) is 28.8 Å². The van der Waals surface area contributed by atoms with Crippen LogP contribution in [0.25, 0.3) is 22.6 Å². The SMILES string of the molecule is O=C(O)CCn1c(-c2ccccn2)nc2cc3c(cc21)OCO3. The Morgan fingerprint density at radius 3 is 2.83 bits per heavy atom. The van der Waals surface area contributed by atoms with Crippen molar-refractivity contribution < 1.29 is 19.4 Å². The van der Waals surface area contributed by atoms with Crippen molar-refractivity contribution in [2.45, 2.75) is 13.0 Å². The van der Waals surface area contributed by atoms with Crippen molar-refractivity contribution in [3.05, 3.63) is 36.5 Å². The monoisotopic (exact) mass is 311 g/mol. The van der Waals surface area contributed by atoms with E-state index in [1.54, 1.807) is 12.3 Å². The molecule has 7 heteroatoms. The molecule has 0 aliphatic carbocycles. The summed E-state index contributed by atoms with van der Waals surface area (Å²) in [5.74, 6) is 1.06. The van der Waals surface area contributed by atoms with Crippen LogP contribution in [0.15, 0.2) is 36.5 Å². The van der Waals surface area contributed by atoms with Crippen LogP contribution in [0.2, 0.25) is 0 Å². The van der Waals surface area contributed by atoms with Crippen molar-refractivity contribution in [1.82, 2.24) is 14.5 Å². The van der Waals surface area contributed by atoms with Crippen molar-refractivity contribution >= 4 is 17.0 Å². The second-order valence-corrected chi connectivity index (χ2v) is 5.14. The van der Waals surface area contributed by atoms with Crippen LogP contribution in [-0.2, 0) is 11.3 Å². The molecule has 1 aliphatic heterocycles. The fourth-order valence-corrected chi connectivity index (χ4v) is 2.64. The molecule has 2 aromatic heterocycles. The lowest BCUT2D eigenvalue weighted by molar-refractivity contribution is -0.137. The third kappa shape index (κ3) is 2.36. The smallest absolute Gasteiger partial charge is 0.305 e. The molecule has 1 aliphatic rings. The van der Waals surface area contributed by atoms with Crippen LogP contribution in [0.4, 0.5) is 0 Å². The maximum absolute atomic E-state index is 11.0. The molecule has 0 atom stereocenters. The van der Waals surface area contributed by atoms with Crippen LogP contribution in [-0.4, -0.2) is 32.4 Å². The number of nitrogens with zero attached hydrogens (tertiary/aromatic N) is 3. The van der Waals surface area contributed by atoms with Gasteiger partial charge in [-0.2, -0.15) is 0 Å². The van der Waals surface area contributed by atoms with Crippen molar-refractivity contribution in [3.63, 3.8) is 0 Å². The number of aryl methyl sites for hydroxylation is 1. The van der Waals surface area contributed by atoms with Crippen LogP contribution < -0.4 is 9.47 Å². The van der Waals surface area contributed by atoms with E-state index in [0.717, 1.165) is 11.0 Å². The van der Waals surface area contributed by atoms with E-state index in [0.29, 0.717) is 29.6 Å². The summed E-state index contributed by atoms with van der Waals surface area (Å²) in [6, 6.07) is 9.18. The van der Waals surface area contributed by atoms with Gasteiger partial charge in [0.25, 0.3) is 0 Å².